The van der Waals surface area contributed by atoms with Crippen LogP contribution >= 0.6 is 11.3 Å². The topological polar surface area (TPSA) is 82.6 Å². The summed E-state index contributed by atoms with van der Waals surface area (Å²) in [5, 5.41) is 3.29. The van der Waals surface area contributed by atoms with Crippen molar-refractivity contribution < 1.29 is 9.59 Å². The first kappa shape index (κ1) is 19.2. The lowest BCUT2D eigenvalue weighted by molar-refractivity contribution is 0.0664. The number of fused-ring (bicyclic) bond motifs is 1. The highest BCUT2D eigenvalue weighted by Gasteiger charge is 2.21. The summed E-state index contributed by atoms with van der Waals surface area (Å²) < 4.78 is -0.244. The van der Waals surface area contributed by atoms with E-state index in [9.17, 15) is 14.4 Å². The van der Waals surface area contributed by atoms with Crippen LogP contribution in [-0.2, 0) is 0 Å². The van der Waals surface area contributed by atoms with E-state index in [1.807, 2.05) is 13.1 Å². The van der Waals surface area contributed by atoms with E-state index in [0.29, 0.717) is 35.1 Å². The third-order valence-corrected chi connectivity index (χ3v) is 5.71. The summed E-state index contributed by atoms with van der Waals surface area (Å²) in [4.78, 5) is 46.0. The molecule has 3 aromatic rings. The predicted molar refractivity (Wildman–Crippen MR) is 114 cm³/mol. The van der Waals surface area contributed by atoms with E-state index in [4.69, 9.17) is 0 Å². The van der Waals surface area contributed by atoms with Crippen molar-refractivity contribution in [1.29, 1.82) is 0 Å². The smallest absolute Gasteiger partial charge is 0.257 e. The standard InChI is InChI=1S/C21H20N4O3S/c1-24-9-11-25(12-10-24)19(27)15-7-8-17-16(13-15)20(28)29-21(22-17)23-18(26)14-5-3-2-4-6-14/h2-8,13H,9-12H2,1H3,(H,22,23,26). The highest BCUT2D eigenvalue weighted by atomic mass is 32.1. The van der Waals surface area contributed by atoms with Gasteiger partial charge in [-0.2, -0.15) is 0 Å². The molecule has 8 heteroatoms. The SMILES string of the molecule is CN1CCN(C(=O)c2ccc3nc(NC(=O)c4ccccc4)sc(=O)c3c2)CC1. The van der Waals surface area contributed by atoms with E-state index in [0.717, 1.165) is 24.4 Å². The number of hydrogen-bond acceptors (Lipinski definition) is 6. The van der Waals surface area contributed by atoms with E-state index in [-0.39, 0.29) is 21.7 Å². The Morgan fingerprint density at radius 3 is 2.45 bits per heavy atom. The lowest BCUT2D eigenvalue weighted by atomic mass is 10.1. The number of rotatable bonds is 3. The van der Waals surface area contributed by atoms with Crippen molar-refractivity contribution in [3.8, 4) is 0 Å². The van der Waals surface area contributed by atoms with E-state index in [1.165, 1.54) is 0 Å². The van der Waals surface area contributed by atoms with E-state index < -0.39 is 0 Å². The van der Waals surface area contributed by atoms with Crippen molar-refractivity contribution in [2.75, 3.05) is 38.5 Å². The maximum Gasteiger partial charge on any atom is 0.257 e. The average Bonchev–Trinajstić information content (AvgIpc) is 2.74. The van der Waals surface area contributed by atoms with Gasteiger partial charge >= 0.3 is 0 Å². The van der Waals surface area contributed by atoms with Crippen molar-refractivity contribution in [3.63, 3.8) is 0 Å². The second-order valence-corrected chi connectivity index (χ2v) is 7.92. The van der Waals surface area contributed by atoms with Crippen LogP contribution in [0.3, 0.4) is 0 Å². The Kier molecular flexibility index (Phi) is 5.37. The van der Waals surface area contributed by atoms with Crippen molar-refractivity contribution in [1.82, 2.24) is 14.8 Å². The number of carbonyl (C=O) groups excluding carboxylic acids is 2. The number of hydrogen-bond donors (Lipinski definition) is 1. The van der Waals surface area contributed by atoms with Crippen LogP contribution in [0.2, 0.25) is 0 Å². The van der Waals surface area contributed by atoms with Gasteiger partial charge in [-0.05, 0) is 37.4 Å². The van der Waals surface area contributed by atoms with Crippen LogP contribution in [-0.4, -0.2) is 59.8 Å². The zero-order chi connectivity index (χ0) is 20.4. The Morgan fingerprint density at radius 2 is 1.72 bits per heavy atom. The first-order valence-corrected chi connectivity index (χ1v) is 10.1. The normalized spacial score (nSPS) is 14.7. The van der Waals surface area contributed by atoms with Crippen LogP contribution in [0.5, 0.6) is 0 Å². The first-order valence-electron chi connectivity index (χ1n) is 9.30. The molecule has 1 aliphatic rings. The molecule has 0 aliphatic carbocycles. The Hall–Kier alpha value is -3.10. The number of piperazine rings is 1. The van der Waals surface area contributed by atoms with Gasteiger partial charge in [0.1, 0.15) is 0 Å². The van der Waals surface area contributed by atoms with Crippen LogP contribution < -0.4 is 10.1 Å². The van der Waals surface area contributed by atoms with Gasteiger partial charge in [0.15, 0.2) is 5.13 Å². The Balaban J connectivity index is 1.58. The minimum absolute atomic E-state index is 0.0779. The first-order chi connectivity index (χ1) is 14.0. The van der Waals surface area contributed by atoms with Crippen molar-refractivity contribution in [3.05, 3.63) is 69.2 Å². The van der Waals surface area contributed by atoms with Gasteiger partial charge < -0.3 is 9.80 Å². The number of likely N-dealkylation sites (N-methyl/N-ethyl adjacent to an activating group) is 1. The average molecular weight is 408 g/mol. The minimum Gasteiger partial charge on any atom is -0.336 e. The van der Waals surface area contributed by atoms with Gasteiger partial charge in [0, 0.05) is 37.3 Å². The molecule has 148 valence electrons. The molecule has 0 bridgehead atoms. The molecular weight excluding hydrogens is 388 g/mol. The minimum atomic E-state index is -0.324. The molecule has 2 amide bonds. The summed E-state index contributed by atoms with van der Waals surface area (Å²) in [7, 11) is 2.03. The van der Waals surface area contributed by atoms with Crippen LogP contribution in [0.1, 0.15) is 20.7 Å². The Labute approximate surface area is 171 Å². The molecule has 1 aliphatic heterocycles. The Morgan fingerprint density at radius 1 is 1.00 bits per heavy atom. The summed E-state index contributed by atoms with van der Waals surface area (Å²) in [6, 6.07) is 13.7. The van der Waals surface area contributed by atoms with Crippen molar-refractivity contribution in [2.45, 2.75) is 0 Å². The fourth-order valence-electron chi connectivity index (χ4n) is 3.21. The van der Waals surface area contributed by atoms with Crippen LogP contribution in [0.25, 0.3) is 10.9 Å². The largest absolute Gasteiger partial charge is 0.336 e. The number of nitrogens with zero attached hydrogens (tertiary/aromatic N) is 3. The number of benzene rings is 2. The second-order valence-electron chi connectivity index (χ2n) is 6.95. The number of aromatic nitrogens is 1. The van der Waals surface area contributed by atoms with Gasteiger partial charge in [-0.15, -0.1) is 0 Å². The fraction of sp³-hybridized carbons (Fsp3) is 0.238. The summed E-state index contributed by atoms with van der Waals surface area (Å²) in [5.41, 5.74) is 1.42. The molecule has 1 aromatic heterocycles. The fourth-order valence-corrected chi connectivity index (χ4v) is 3.95. The second kappa shape index (κ2) is 8.10. The van der Waals surface area contributed by atoms with Crippen LogP contribution in [0, 0.1) is 0 Å². The lowest BCUT2D eigenvalue weighted by Gasteiger charge is -2.32. The molecule has 29 heavy (non-hydrogen) atoms. The maximum atomic E-state index is 12.8. The molecule has 2 heterocycles. The monoisotopic (exact) mass is 408 g/mol. The van der Waals surface area contributed by atoms with E-state index in [2.05, 4.69) is 15.2 Å². The summed E-state index contributed by atoms with van der Waals surface area (Å²) in [6.45, 7) is 3.01. The summed E-state index contributed by atoms with van der Waals surface area (Å²) in [5.74, 6) is -0.402. The van der Waals surface area contributed by atoms with Gasteiger partial charge in [-0.3, -0.25) is 19.7 Å². The van der Waals surface area contributed by atoms with E-state index in [1.54, 1.807) is 47.4 Å². The van der Waals surface area contributed by atoms with Crippen molar-refractivity contribution in [2.24, 2.45) is 0 Å². The van der Waals surface area contributed by atoms with Gasteiger partial charge in [-0.1, -0.05) is 29.5 Å². The summed E-state index contributed by atoms with van der Waals surface area (Å²) >= 11 is 0.856. The molecule has 0 spiro atoms. The van der Waals surface area contributed by atoms with Gasteiger partial charge in [-0.25, -0.2) is 4.98 Å². The lowest BCUT2D eigenvalue weighted by Crippen LogP contribution is -2.47. The highest BCUT2D eigenvalue weighted by Crippen LogP contribution is 2.19. The molecule has 1 N–H and O–H groups in total. The molecular formula is C21H20N4O3S. The number of carbonyl (C=O) groups is 2. The van der Waals surface area contributed by atoms with Crippen molar-refractivity contribution >= 4 is 39.2 Å². The number of amides is 2. The molecule has 2 aromatic carbocycles. The van der Waals surface area contributed by atoms with E-state index >= 15 is 0 Å². The molecule has 1 fully saturated rings. The van der Waals surface area contributed by atoms with Crippen LogP contribution in [0.15, 0.2) is 53.3 Å². The molecule has 4 rings (SSSR count). The van der Waals surface area contributed by atoms with Crippen LogP contribution in [0.4, 0.5) is 5.13 Å². The highest BCUT2D eigenvalue weighted by molar-refractivity contribution is 7.13. The number of nitrogens with one attached hydrogen (secondary N) is 1. The van der Waals surface area contributed by atoms with Gasteiger partial charge in [0.25, 0.3) is 11.8 Å². The third kappa shape index (κ3) is 4.18. The number of anilines is 1. The van der Waals surface area contributed by atoms with Gasteiger partial charge in [0.05, 0.1) is 10.9 Å². The molecule has 0 unspecified atom stereocenters. The molecule has 0 atom stereocenters. The molecule has 7 nitrogen and oxygen atoms in total. The molecule has 0 radical (unpaired) electrons. The third-order valence-electron chi connectivity index (χ3n) is 4.92. The summed E-state index contributed by atoms with van der Waals surface area (Å²) in [6.07, 6.45) is 0. The van der Waals surface area contributed by atoms with Gasteiger partial charge in [0.2, 0.25) is 4.74 Å². The molecule has 0 saturated carbocycles. The maximum absolute atomic E-state index is 12.8. The quantitative estimate of drug-likeness (QED) is 0.719. The molecule has 1 saturated heterocycles. The zero-order valence-corrected chi connectivity index (χ0v) is 16.7. The predicted octanol–water partition coefficient (Wildman–Crippen LogP) is 2.30. The zero-order valence-electron chi connectivity index (χ0n) is 15.9. The Bertz CT molecular complexity index is 1120.